The molecule has 0 amide bonds. The average molecular weight is 240 g/mol. The molecule has 17 heavy (non-hydrogen) atoms. The van der Waals surface area contributed by atoms with E-state index in [1.165, 1.54) is 25.9 Å². The zero-order valence-electron chi connectivity index (χ0n) is 10.9. The van der Waals surface area contributed by atoms with Crippen LogP contribution in [0.3, 0.4) is 0 Å². The van der Waals surface area contributed by atoms with Crippen LogP contribution >= 0.6 is 0 Å². The van der Waals surface area contributed by atoms with E-state index in [1.54, 1.807) is 0 Å². The molecule has 4 nitrogen and oxygen atoms in total. The Labute approximate surface area is 104 Å². The van der Waals surface area contributed by atoms with Crippen LogP contribution in [0.15, 0.2) is 0 Å². The van der Waals surface area contributed by atoms with Crippen molar-refractivity contribution in [1.29, 1.82) is 0 Å². The Hall–Kier alpha value is -0.450. The maximum absolute atomic E-state index is 11.7. The summed E-state index contributed by atoms with van der Waals surface area (Å²) in [6, 6.07) is 0. The minimum Gasteiger partial charge on any atom is -0.380 e. The molecule has 0 aliphatic carbocycles. The number of carbonyl (C=O) groups excluding carboxylic acids is 1. The topological polar surface area (TPSA) is 32.8 Å². The maximum atomic E-state index is 11.7. The van der Waals surface area contributed by atoms with Crippen molar-refractivity contribution >= 4 is 5.78 Å². The van der Waals surface area contributed by atoms with Crippen LogP contribution in [0.1, 0.15) is 19.3 Å². The molecule has 98 valence electrons. The minimum atomic E-state index is 0.104. The van der Waals surface area contributed by atoms with E-state index >= 15 is 0 Å². The van der Waals surface area contributed by atoms with Crippen molar-refractivity contribution in [3.05, 3.63) is 0 Å². The van der Waals surface area contributed by atoms with E-state index in [-0.39, 0.29) is 5.92 Å². The lowest BCUT2D eigenvalue weighted by molar-refractivity contribution is -0.131. The first-order valence-corrected chi connectivity index (χ1v) is 6.77. The summed E-state index contributed by atoms with van der Waals surface area (Å²) in [5, 5.41) is 0. The minimum absolute atomic E-state index is 0.104. The molecule has 2 aliphatic rings. The Morgan fingerprint density at radius 3 is 2.88 bits per heavy atom. The zero-order valence-corrected chi connectivity index (χ0v) is 10.9. The fourth-order valence-electron chi connectivity index (χ4n) is 2.64. The van der Waals surface area contributed by atoms with Gasteiger partial charge in [0.1, 0.15) is 5.78 Å². The highest BCUT2D eigenvalue weighted by Crippen LogP contribution is 2.11. The summed E-state index contributed by atoms with van der Waals surface area (Å²) in [5.41, 5.74) is 0. The Morgan fingerprint density at radius 1 is 1.41 bits per heavy atom. The van der Waals surface area contributed by atoms with Crippen molar-refractivity contribution in [2.24, 2.45) is 5.92 Å². The van der Waals surface area contributed by atoms with Gasteiger partial charge in [0.2, 0.25) is 0 Å². The standard InChI is InChI=1S/C13H24N2O2/c1-14(7-8-15-5-2-3-6-15)10-12-11-17-9-4-13(12)16/h12H,2-11H2,1H3. The molecule has 0 aromatic heterocycles. The lowest BCUT2D eigenvalue weighted by Crippen LogP contribution is -2.39. The molecule has 0 N–H and O–H groups in total. The molecule has 2 saturated heterocycles. The maximum Gasteiger partial charge on any atom is 0.141 e. The summed E-state index contributed by atoms with van der Waals surface area (Å²) in [7, 11) is 2.11. The first-order valence-electron chi connectivity index (χ1n) is 6.77. The molecule has 0 bridgehead atoms. The lowest BCUT2D eigenvalue weighted by Gasteiger charge is -2.27. The van der Waals surface area contributed by atoms with Gasteiger partial charge in [0.15, 0.2) is 0 Å². The second-order valence-corrected chi connectivity index (χ2v) is 5.30. The summed E-state index contributed by atoms with van der Waals surface area (Å²) in [4.78, 5) is 16.5. The van der Waals surface area contributed by atoms with E-state index in [9.17, 15) is 4.79 Å². The molecule has 1 unspecified atom stereocenters. The van der Waals surface area contributed by atoms with Crippen molar-refractivity contribution in [3.63, 3.8) is 0 Å². The van der Waals surface area contributed by atoms with Crippen molar-refractivity contribution in [1.82, 2.24) is 9.80 Å². The first-order chi connectivity index (χ1) is 8.25. The molecule has 0 spiro atoms. The number of carbonyl (C=O) groups is 1. The van der Waals surface area contributed by atoms with Crippen LogP contribution in [-0.2, 0) is 9.53 Å². The van der Waals surface area contributed by atoms with Crippen molar-refractivity contribution in [2.45, 2.75) is 19.3 Å². The number of likely N-dealkylation sites (N-methyl/N-ethyl adjacent to an activating group) is 1. The quantitative estimate of drug-likeness (QED) is 0.705. The molecule has 0 aromatic carbocycles. The van der Waals surface area contributed by atoms with Gasteiger partial charge >= 0.3 is 0 Å². The van der Waals surface area contributed by atoms with Gasteiger partial charge in [-0.3, -0.25) is 4.79 Å². The van der Waals surface area contributed by atoms with Crippen molar-refractivity contribution in [2.75, 3.05) is 53.0 Å². The summed E-state index contributed by atoms with van der Waals surface area (Å²) >= 11 is 0. The van der Waals surface area contributed by atoms with Crippen LogP contribution in [0.25, 0.3) is 0 Å². The number of nitrogens with zero attached hydrogens (tertiary/aromatic N) is 2. The van der Waals surface area contributed by atoms with Gasteiger partial charge in [-0.2, -0.15) is 0 Å². The first kappa shape index (κ1) is 13.0. The molecule has 2 heterocycles. The fourth-order valence-corrected chi connectivity index (χ4v) is 2.64. The fraction of sp³-hybridized carbons (Fsp3) is 0.923. The van der Waals surface area contributed by atoms with Gasteiger partial charge in [-0.05, 0) is 33.0 Å². The lowest BCUT2D eigenvalue weighted by atomic mass is 10.0. The summed E-state index contributed by atoms with van der Waals surface area (Å²) in [6.45, 7) is 6.78. The van der Waals surface area contributed by atoms with Gasteiger partial charge in [0.05, 0.1) is 19.1 Å². The third kappa shape index (κ3) is 4.05. The number of hydrogen-bond acceptors (Lipinski definition) is 4. The second kappa shape index (κ2) is 6.47. The van der Waals surface area contributed by atoms with Crippen LogP contribution in [0.5, 0.6) is 0 Å². The van der Waals surface area contributed by atoms with Crippen LogP contribution in [0, 0.1) is 5.92 Å². The molecule has 2 rings (SSSR count). The number of hydrogen-bond donors (Lipinski definition) is 0. The SMILES string of the molecule is CN(CCN1CCCC1)CC1COCCC1=O. The summed E-state index contributed by atoms with van der Waals surface area (Å²) in [5.74, 6) is 0.483. The second-order valence-electron chi connectivity index (χ2n) is 5.30. The van der Waals surface area contributed by atoms with Gasteiger partial charge in [-0.25, -0.2) is 0 Å². The molecule has 4 heteroatoms. The van der Waals surface area contributed by atoms with Gasteiger partial charge in [-0.1, -0.05) is 0 Å². The van der Waals surface area contributed by atoms with E-state index < -0.39 is 0 Å². The zero-order chi connectivity index (χ0) is 12.1. The number of likely N-dealkylation sites (tertiary alicyclic amines) is 1. The van der Waals surface area contributed by atoms with Crippen LogP contribution in [0.2, 0.25) is 0 Å². The molecular formula is C13H24N2O2. The van der Waals surface area contributed by atoms with Crippen LogP contribution in [-0.4, -0.2) is 68.6 Å². The Bertz CT molecular complexity index is 252. The van der Waals surface area contributed by atoms with E-state index in [4.69, 9.17) is 4.74 Å². The van der Waals surface area contributed by atoms with E-state index in [1.807, 2.05) is 0 Å². The predicted octanol–water partition coefficient (Wildman–Crippen LogP) is 0.620. The molecule has 0 aromatic rings. The van der Waals surface area contributed by atoms with Crippen molar-refractivity contribution < 1.29 is 9.53 Å². The molecular weight excluding hydrogens is 216 g/mol. The van der Waals surface area contributed by atoms with E-state index in [0.29, 0.717) is 25.4 Å². The summed E-state index contributed by atoms with van der Waals surface area (Å²) in [6.07, 6.45) is 3.29. The number of ketones is 1. The predicted molar refractivity (Wildman–Crippen MR) is 67.1 cm³/mol. The molecule has 2 aliphatic heterocycles. The molecule has 1 atom stereocenters. The normalized spacial score (nSPS) is 26.9. The average Bonchev–Trinajstić information content (AvgIpc) is 2.82. The van der Waals surface area contributed by atoms with E-state index in [2.05, 4.69) is 16.8 Å². The largest absolute Gasteiger partial charge is 0.380 e. The van der Waals surface area contributed by atoms with Crippen LogP contribution in [0.4, 0.5) is 0 Å². The van der Waals surface area contributed by atoms with Gasteiger partial charge in [0, 0.05) is 26.1 Å². The number of rotatable bonds is 5. The van der Waals surface area contributed by atoms with Gasteiger partial charge < -0.3 is 14.5 Å². The van der Waals surface area contributed by atoms with Gasteiger partial charge in [0.25, 0.3) is 0 Å². The number of Topliss-reactive ketones (excluding diaryl/α,β-unsaturated/α-hetero) is 1. The monoisotopic (exact) mass is 240 g/mol. The Morgan fingerprint density at radius 2 is 2.18 bits per heavy atom. The highest BCUT2D eigenvalue weighted by Gasteiger charge is 2.24. The van der Waals surface area contributed by atoms with Crippen molar-refractivity contribution in [3.8, 4) is 0 Å². The molecule has 0 saturated carbocycles. The van der Waals surface area contributed by atoms with Crippen LogP contribution < -0.4 is 0 Å². The Balaban J connectivity index is 1.65. The highest BCUT2D eigenvalue weighted by atomic mass is 16.5. The molecule has 0 radical (unpaired) electrons. The third-order valence-electron chi connectivity index (χ3n) is 3.80. The number of ether oxygens (including phenoxy) is 1. The van der Waals surface area contributed by atoms with Gasteiger partial charge in [-0.15, -0.1) is 0 Å². The molecule has 2 fully saturated rings. The Kier molecular flexibility index (Phi) is 4.95. The third-order valence-corrected chi connectivity index (χ3v) is 3.80. The van der Waals surface area contributed by atoms with E-state index in [0.717, 1.165) is 19.6 Å². The smallest absolute Gasteiger partial charge is 0.141 e. The highest BCUT2D eigenvalue weighted by molar-refractivity contribution is 5.82. The summed E-state index contributed by atoms with van der Waals surface area (Å²) < 4.78 is 5.37.